The molecule has 1 heterocycles. The van der Waals surface area contributed by atoms with Crippen LogP contribution in [0.2, 0.25) is 0 Å². The molecule has 0 saturated heterocycles. The van der Waals surface area contributed by atoms with Crippen molar-refractivity contribution in [2.45, 2.75) is 45.8 Å². The van der Waals surface area contributed by atoms with Crippen molar-refractivity contribution >= 4 is 11.6 Å². The van der Waals surface area contributed by atoms with E-state index in [-0.39, 0.29) is 23.1 Å². The average Bonchev–Trinajstić information content (AvgIpc) is 2.92. The molecule has 4 nitrogen and oxygen atoms in total. The highest BCUT2D eigenvalue weighted by Gasteiger charge is 2.46. The van der Waals surface area contributed by atoms with Crippen molar-refractivity contribution < 1.29 is 13.2 Å². The molecule has 0 amide bonds. The fourth-order valence-corrected chi connectivity index (χ4v) is 1.88. The summed E-state index contributed by atoms with van der Waals surface area (Å²) >= 11 is 0. The van der Waals surface area contributed by atoms with Gasteiger partial charge in [0.15, 0.2) is 0 Å². The Morgan fingerprint density at radius 1 is 1.30 bits per heavy atom. The average molecular weight is 288 g/mol. The molecular weight excluding hydrogens is 269 g/mol. The van der Waals surface area contributed by atoms with Gasteiger partial charge in [-0.05, 0) is 18.3 Å². The van der Waals surface area contributed by atoms with Gasteiger partial charge in [-0.15, -0.1) is 0 Å². The number of alkyl halides is 3. The second-order valence-corrected chi connectivity index (χ2v) is 5.78. The maximum Gasteiger partial charge on any atom is 0.451 e. The summed E-state index contributed by atoms with van der Waals surface area (Å²) < 4.78 is 38.4. The Hall–Kier alpha value is -1.53. The summed E-state index contributed by atoms with van der Waals surface area (Å²) in [6.45, 7) is 6.63. The Bertz CT molecular complexity index is 485. The minimum absolute atomic E-state index is 0.111. The molecule has 2 rings (SSSR count). The van der Waals surface area contributed by atoms with E-state index in [0.29, 0.717) is 6.54 Å². The predicted octanol–water partition coefficient (Wildman–Crippen LogP) is 3.53. The topological polar surface area (TPSA) is 49.8 Å². The van der Waals surface area contributed by atoms with Crippen molar-refractivity contribution in [2.75, 3.05) is 17.2 Å². The molecule has 1 atom stereocenters. The van der Waals surface area contributed by atoms with Gasteiger partial charge in [-0.3, -0.25) is 0 Å². The van der Waals surface area contributed by atoms with Crippen LogP contribution in [-0.4, -0.2) is 22.6 Å². The fourth-order valence-electron chi connectivity index (χ4n) is 1.88. The lowest BCUT2D eigenvalue weighted by Gasteiger charge is -2.13. The number of anilines is 2. The van der Waals surface area contributed by atoms with Crippen LogP contribution in [0, 0.1) is 5.41 Å². The van der Waals surface area contributed by atoms with Gasteiger partial charge in [0.05, 0.1) is 0 Å². The second kappa shape index (κ2) is 5.10. The predicted molar refractivity (Wildman–Crippen MR) is 71.6 cm³/mol. The molecule has 1 aromatic rings. The van der Waals surface area contributed by atoms with Gasteiger partial charge < -0.3 is 10.6 Å². The van der Waals surface area contributed by atoms with E-state index in [4.69, 9.17) is 0 Å². The van der Waals surface area contributed by atoms with Crippen LogP contribution in [0.15, 0.2) is 6.07 Å². The number of aromatic nitrogens is 2. The van der Waals surface area contributed by atoms with Crippen LogP contribution in [0.25, 0.3) is 0 Å². The van der Waals surface area contributed by atoms with Crippen molar-refractivity contribution in [3.63, 3.8) is 0 Å². The molecule has 1 unspecified atom stereocenters. The van der Waals surface area contributed by atoms with E-state index in [9.17, 15) is 13.2 Å². The monoisotopic (exact) mass is 288 g/mol. The van der Waals surface area contributed by atoms with E-state index in [0.717, 1.165) is 12.8 Å². The van der Waals surface area contributed by atoms with Crippen molar-refractivity contribution in [1.29, 1.82) is 0 Å². The standard InChI is InChI=1S/C13H19F3N4/c1-4-5-17-9-6-10(18-8-7-12(8,2)3)20-11(19-9)13(14,15)16/h6,8H,4-5,7H2,1-3H3,(H2,17,18,19,20). The van der Waals surface area contributed by atoms with Crippen LogP contribution < -0.4 is 10.6 Å². The van der Waals surface area contributed by atoms with Gasteiger partial charge in [-0.2, -0.15) is 13.2 Å². The molecule has 0 spiro atoms. The Labute approximate surface area is 116 Å². The van der Waals surface area contributed by atoms with Gasteiger partial charge in [0.2, 0.25) is 5.82 Å². The third kappa shape index (κ3) is 3.52. The van der Waals surface area contributed by atoms with Crippen LogP contribution in [0.5, 0.6) is 0 Å². The van der Waals surface area contributed by atoms with Gasteiger partial charge in [-0.1, -0.05) is 20.8 Å². The van der Waals surface area contributed by atoms with Crippen LogP contribution >= 0.6 is 0 Å². The molecule has 1 saturated carbocycles. The molecule has 2 N–H and O–H groups in total. The molecule has 0 aliphatic heterocycles. The van der Waals surface area contributed by atoms with Crippen LogP contribution in [0.3, 0.4) is 0 Å². The van der Waals surface area contributed by atoms with Crippen LogP contribution in [0.1, 0.15) is 39.4 Å². The number of nitrogens with one attached hydrogen (secondary N) is 2. The lowest BCUT2D eigenvalue weighted by Crippen LogP contribution is -2.17. The van der Waals surface area contributed by atoms with E-state index in [1.807, 2.05) is 6.92 Å². The molecule has 1 aliphatic rings. The van der Waals surface area contributed by atoms with Gasteiger partial charge in [0, 0.05) is 18.7 Å². The van der Waals surface area contributed by atoms with E-state index in [1.165, 1.54) is 6.07 Å². The Morgan fingerprint density at radius 3 is 2.40 bits per heavy atom. The molecule has 0 bridgehead atoms. The quantitative estimate of drug-likeness (QED) is 0.870. The Morgan fingerprint density at radius 2 is 1.90 bits per heavy atom. The normalized spacial score (nSPS) is 20.6. The second-order valence-electron chi connectivity index (χ2n) is 5.78. The van der Waals surface area contributed by atoms with Gasteiger partial charge >= 0.3 is 6.18 Å². The Kier molecular flexibility index (Phi) is 3.80. The molecule has 20 heavy (non-hydrogen) atoms. The summed E-state index contributed by atoms with van der Waals surface area (Å²) in [6, 6.07) is 1.69. The van der Waals surface area contributed by atoms with Gasteiger partial charge in [0.25, 0.3) is 0 Å². The van der Waals surface area contributed by atoms with Crippen LogP contribution in [0.4, 0.5) is 24.8 Å². The summed E-state index contributed by atoms with van der Waals surface area (Å²) in [5, 5.41) is 5.91. The van der Waals surface area contributed by atoms with E-state index < -0.39 is 12.0 Å². The molecule has 1 aliphatic carbocycles. The number of hydrogen-bond acceptors (Lipinski definition) is 4. The minimum Gasteiger partial charge on any atom is -0.370 e. The zero-order valence-electron chi connectivity index (χ0n) is 11.8. The van der Waals surface area contributed by atoms with Crippen molar-refractivity contribution in [3.05, 3.63) is 11.9 Å². The van der Waals surface area contributed by atoms with Crippen LogP contribution in [-0.2, 0) is 6.18 Å². The van der Waals surface area contributed by atoms with Gasteiger partial charge in [-0.25, -0.2) is 9.97 Å². The van der Waals surface area contributed by atoms with E-state index in [2.05, 4.69) is 34.4 Å². The molecule has 7 heteroatoms. The maximum absolute atomic E-state index is 12.8. The third-order valence-electron chi connectivity index (χ3n) is 3.37. The van der Waals surface area contributed by atoms with Crippen molar-refractivity contribution in [1.82, 2.24) is 9.97 Å². The van der Waals surface area contributed by atoms with Crippen molar-refractivity contribution in [3.8, 4) is 0 Å². The molecular formula is C13H19F3N4. The largest absolute Gasteiger partial charge is 0.451 e. The molecule has 1 aromatic heterocycles. The molecule has 1 fully saturated rings. The number of halogens is 3. The summed E-state index contributed by atoms with van der Waals surface area (Å²) in [5.41, 5.74) is 0.111. The Balaban J connectivity index is 2.21. The highest BCUT2D eigenvalue weighted by atomic mass is 19.4. The first-order valence-corrected chi connectivity index (χ1v) is 6.69. The number of hydrogen-bond donors (Lipinski definition) is 2. The molecule has 0 aromatic carbocycles. The highest BCUT2D eigenvalue weighted by molar-refractivity contribution is 5.49. The fraction of sp³-hybridized carbons (Fsp3) is 0.692. The van der Waals surface area contributed by atoms with E-state index in [1.54, 1.807) is 0 Å². The summed E-state index contributed by atoms with van der Waals surface area (Å²) in [7, 11) is 0. The summed E-state index contributed by atoms with van der Waals surface area (Å²) in [5.74, 6) is -0.684. The first-order valence-electron chi connectivity index (χ1n) is 6.69. The summed E-state index contributed by atoms with van der Waals surface area (Å²) in [6.07, 6.45) is -2.81. The number of rotatable bonds is 5. The first-order chi connectivity index (χ1) is 9.22. The first kappa shape index (κ1) is 14.9. The lowest BCUT2D eigenvalue weighted by molar-refractivity contribution is -0.144. The molecule has 0 radical (unpaired) electrons. The molecule has 112 valence electrons. The zero-order chi connectivity index (χ0) is 15.0. The third-order valence-corrected chi connectivity index (χ3v) is 3.37. The van der Waals surface area contributed by atoms with Gasteiger partial charge in [0.1, 0.15) is 11.6 Å². The number of nitrogens with zero attached hydrogens (tertiary/aromatic N) is 2. The summed E-state index contributed by atoms with van der Waals surface area (Å²) in [4.78, 5) is 7.09. The zero-order valence-corrected chi connectivity index (χ0v) is 11.8. The maximum atomic E-state index is 12.8. The van der Waals surface area contributed by atoms with E-state index >= 15 is 0 Å². The lowest BCUT2D eigenvalue weighted by atomic mass is 10.2. The SMILES string of the molecule is CCCNc1cc(NC2CC2(C)C)nc(C(F)(F)F)n1. The smallest absolute Gasteiger partial charge is 0.370 e. The highest BCUT2D eigenvalue weighted by Crippen LogP contribution is 2.46. The minimum atomic E-state index is -4.54. The van der Waals surface area contributed by atoms with Crippen molar-refractivity contribution in [2.24, 2.45) is 5.41 Å².